The second-order valence-electron chi connectivity index (χ2n) is 2.28. The van der Waals surface area contributed by atoms with Crippen molar-refractivity contribution in [3.8, 4) is 0 Å². The van der Waals surface area contributed by atoms with Gasteiger partial charge in [-0.25, -0.2) is 4.39 Å². The Morgan fingerprint density at radius 2 is 2.15 bits per heavy atom. The molecule has 0 radical (unpaired) electrons. The Morgan fingerprint density at radius 1 is 1.54 bits per heavy atom. The predicted octanol–water partition coefficient (Wildman–Crippen LogP) is 3.82. The molecule has 13 heavy (non-hydrogen) atoms. The first-order chi connectivity index (χ1) is 6.07. The van der Waals surface area contributed by atoms with E-state index in [1.165, 1.54) is 12.1 Å². The largest absolute Gasteiger partial charge is 0.293 e. The van der Waals surface area contributed by atoms with Crippen LogP contribution in [0.5, 0.6) is 0 Å². The topological polar surface area (TPSA) is 17.1 Å². The van der Waals surface area contributed by atoms with Crippen LogP contribution in [0.25, 0.3) is 0 Å². The first kappa shape index (κ1) is 11.1. The smallest absolute Gasteiger partial charge is 0.174 e. The Balaban J connectivity index is 3.26. The van der Waals surface area contributed by atoms with Crippen LogP contribution in [0.1, 0.15) is 10.4 Å². The number of carbonyl (C=O) groups is 1. The predicted molar refractivity (Wildman–Crippen MR) is 57.2 cm³/mol. The van der Waals surface area contributed by atoms with Crippen LogP contribution in [0.15, 0.2) is 16.6 Å². The van der Waals surface area contributed by atoms with Crippen LogP contribution in [0, 0.1) is 5.82 Å². The fraction of sp³-hybridized carbons (Fsp3) is 0.125. The Bertz CT molecular complexity index is 354. The van der Waals surface area contributed by atoms with Gasteiger partial charge in [-0.15, -0.1) is 0 Å². The van der Waals surface area contributed by atoms with Gasteiger partial charge in [0.1, 0.15) is 5.82 Å². The molecule has 1 rings (SSSR count). The van der Waals surface area contributed by atoms with Crippen LogP contribution in [-0.2, 0) is 0 Å². The number of rotatable bonds is 2. The van der Waals surface area contributed by atoms with Crippen LogP contribution in [0.4, 0.5) is 4.39 Å². The fourth-order valence-corrected chi connectivity index (χ4v) is 1.72. The molecule has 0 fully saturated rings. The lowest BCUT2D eigenvalue weighted by Gasteiger charge is -2.03. The molecule has 0 saturated carbocycles. The maximum atomic E-state index is 12.9. The fourth-order valence-electron chi connectivity index (χ4n) is 0.813. The maximum absolute atomic E-state index is 12.9. The Hall–Kier alpha value is 0.0700. The summed E-state index contributed by atoms with van der Waals surface area (Å²) in [6, 6.07) is 2.57. The molecule has 0 atom stereocenters. The Labute approximate surface area is 96.5 Å². The van der Waals surface area contributed by atoms with Gasteiger partial charge in [0.15, 0.2) is 5.78 Å². The van der Waals surface area contributed by atoms with Gasteiger partial charge in [0.05, 0.1) is 14.8 Å². The van der Waals surface area contributed by atoms with Crippen LogP contribution in [0.3, 0.4) is 0 Å². The minimum absolute atomic E-state index is 0.115. The van der Waals surface area contributed by atoms with Crippen molar-refractivity contribution in [2.45, 2.75) is 0 Å². The SMILES string of the molecule is O=C(CBr)c1ccc(F)c(Br)c1Cl. The second kappa shape index (κ2) is 4.53. The number of halogens is 4. The van der Waals surface area contributed by atoms with E-state index in [1.807, 2.05) is 0 Å². The van der Waals surface area contributed by atoms with Gasteiger partial charge in [-0.05, 0) is 28.1 Å². The molecule has 0 spiro atoms. The van der Waals surface area contributed by atoms with Gasteiger partial charge < -0.3 is 0 Å². The summed E-state index contributed by atoms with van der Waals surface area (Å²) in [6.45, 7) is 0. The molecule has 0 saturated heterocycles. The van der Waals surface area contributed by atoms with E-state index < -0.39 is 5.82 Å². The molecule has 0 heterocycles. The average Bonchev–Trinajstić information content (AvgIpc) is 2.13. The molecule has 0 aliphatic heterocycles. The number of Topliss-reactive ketones (excluding diaryl/α,β-unsaturated/α-hetero) is 1. The summed E-state index contributed by atoms with van der Waals surface area (Å²) in [4.78, 5) is 11.2. The summed E-state index contributed by atoms with van der Waals surface area (Å²) in [5, 5.41) is 0.287. The van der Waals surface area contributed by atoms with E-state index in [4.69, 9.17) is 11.6 Å². The third-order valence-electron chi connectivity index (χ3n) is 1.46. The average molecular weight is 330 g/mol. The lowest BCUT2D eigenvalue weighted by molar-refractivity contribution is 0.102. The number of hydrogen-bond acceptors (Lipinski definition) is 1. The van der Waals surface area contributed by atoms with Crippen LogP contribution >= 0.6 is 43.5 Å². The first-order valence-corrected chi connectivity index (χ1v) is 5.60. The molecule has 0 amide bonds. The minimum atomic E-state index is -0.476. The molecule has 0 bridgehead atoms. The molecule has 0 aromatic heterocycles. The highest BCUT2D eigenvalue weighted by molar-refractivity contribution is 9.10. The van der Waals surface area contributed by atoms with Crippen molar-refractivity contribution in [1.82, 2.24) is 0 Å². The highest BCUT2D eigenvalue weighted by atomic mass is 79.9. The molecule has 1 aromatic rings. The van der Waals surface area contributed by atoms with E-state index in [0.29, 0.717) is 5.56 Å². The number of hydrogen-bond donors (Lipinski definition) is 0. The monoisotopic (exact) mass is 328 g/mol. The molecule has 0 unspecified atom stereocenters. The lowest BCUT2D eigenvalue weighted by atomic mass is 10.1. The van der Waals surface area contributed by atoms with Crippen molar-refractivity contribution in [3.05, 3.63) is 33.0 Å². The van der Waals surface area contributed by atoms with Crippen molar-refractivity contribution >= 4 is 49.2 Å². The normalized spacial score (nSPS) is 10.2. The highest BCUT2D eigenvalue weighted by Gasteiger charge is 2.14. The summed E-state index contributed by atoms with van der Waals surface area (Å²) in [7, 11) is 0. The van der Waals surface area contributed by atoms with Crippen LogP contribution in [-0.4, -0.2) is 11.1 Å². The third kappa shape index (κ3) is 2.30. The van der Waals surface area contributed by atoms with Crippen molar-refractivity contribution in [2.24, 2.45) is 0 Å². The molecule has 1 nitrogen and oxygen atoms in total. The lowest BCUT2D eigenvalue weighted by Crippen LogP contribution is -2.01. The van der Waals surface area contributed by atoms with E-state index in [9.17, 15) is 9.18 Å². The molecular weight excluding hydrogens is 326 g/mol. The van der Waals surface area contributed by atoms with Gasteiger partial charge in [0, 0.05) is 5.56 Å². The van der Waals surface area contributed by atoms with Crippen molar-refractivity contribution < 1.29 is 9.18 Å². The van der Waals surface area contributed by atoms with Gasteiger partial charge in [-0.3, -0.25) is 4.79 Å². The van der Waals surface area contributed by atoms with Gasteiger partial charge in [0.25, 0.3) is 0 Å². The van der Waals surface area contributed by atoms with E-state index in [1.54, 1.807) is 0 Å². The van der Waals surface area contributed by atoms with E-state index in [2.05, 4.69) is 31.9 Å². The summed E-state index contributed by atoms with van der Waals surface area (Å²) < 4.78 is 13.0. The number of alkyl halides is 1. The summed E-state index contributed by atoms with van der Waals surface area (Å²) >= 11 is 11.7. The van der Waals surface area contributed by atoms with Crippen LogP contribution in [0.2, 0.25) is 5.02 Å². The highest BCUT2D eigenvalue weighted by Crippen LogP contribution is 2.29. The molecule has 1 aromatic carbocycles. The molecule has 0 aliphatic carbocycles. The van der Waals surface area contributed by atoms with Crippen LogP contribution < -0.4 is 0 Å². The van der Waals surface area contributed by atoms with Crippen molar-refractivity contribution in [2.75, 3.05) is 5.33 Å². The number of ketones is 1. The summed E-state index contributed by atoms with van der Waals surface area (Å²) in [5.74, 6) is -0.651. The third-order valence-corrected chi connectivity index (χ3v) is 3.36. The van der Waals surface area contributed by atoms with Crippen molar-refractivity contribution in [3.63, 3.8) is 0 Å². The zero-order chi connectivity index (χ0) is 10.0. The first-order valence-electron chi connectivity index (χ1n) is 3.30. The zero-order valence-corrected chi connectivity index (χ0v) is 10.2. The van der Waals surface area contributed by atoms with E-state index >= 15 is 0 Å². The summed E-state index contributed by atoms with van der Waals surface area (Å²) in [6.07, 6.45) is 0. The Morgan fingerprint density at radius 3 is 2.69 bits per heavy atom. The van der Waals surface area contributed by atoms with Gasteiger partial charge >= 0.3 is 0 Å². The minimum Gasteiger partial charge on any atom is -0.293 e. The quantitative estimate of drug-likeness (QED) is 0.458. The molecule has 0 N–H and O–H groups in total. The number of benzene rings is 1. The molecule has 5 heteroatoms. The summed E-state index contributed by atoms with van der Waals surface area (Å²) in [5.41, 5.74) is 0.312. The van der Waals surface area contributed by atoms with Crippen molar-refractivity contribution in [1.29, 1.82) is 0 Å². The number of carbonyl (C=O) groups excluding carboxylic acids is 1. The maximum Gasteiger partial charge on any atom is 0.174 e. The molecule has 0 aliphatic rings. The van der Waals surface area contributed by atoms with E-state index in [-0.39, 0.29) is 20.6 Å². The second-order valence-corrected chi connectivity index (χ2v) is 4.01. The Kier molecular flexibility index (Phi) is 3.88. The zero-order valence-electron chi connectivity index (χ0n) is 6.28. The van der Waals surface area contributed by atoms with Gasteiger partial charge in [-0.2, -0.15) is 0 Å². The van der Waals surface area contributed by atoms with Gasteiger partial charge in [0.2, 0.25) is 0 Å². The molecule has 70 valence electrons. The van der Waals surface area contributed by atoms with E-state index in [0.717, 1.165) is 0 Å². The van der Waals surface area contributed by atoms with Gasteiger partial charge in [-0.1, -0.05) is 27.5 Å². The standard InChI is InChI=1S/C8H4Br2ClFO/c9-3-6(13)4-1-2-5(12)7(10)8(4)11/h1-2H,3H2. The molecular formula is C8H4Br2ClFO.